The van der Waals surface area contributed by atoms with Gasteiger partial charge in [-0.15, -0.1) is 0 Å². The molecular formula is C34H36FN3O2. The number of hydrogen-bond donors (Lipinski definition) is 2. The molecule has 1 aliphatic carbocycles. The molecule has 1 heterocycles. The predicted octanol–water partition coefficient (Wildman–Crippen LogP) is 7.00. The van der Waals surface area contributed by atoms with E-state index in [0.29, 0.717) is 24.2 Å². The van der Waals surface area contributed by atoms with Crippen LogP contribution in [0.5, 0.6) is 0 Å². The number of rotatable bonds is 9. The number of benzene rings is 3. The molecule has 1 atom stereocenters. The lowest BCUT2D eigenvalue weighted by molar-refractivity contribution is -0.126. The fourth-order valence-corrected chi connectivity index (χ4v) is 5.57. The molecule has 1 aliphatic rings. The minimum Gasteiger partial charge on any atom is -0.351 e. The first-order chi connectivity index (χ1) is 19.5. The molecule has 1 fully saturated rings. The van der Waals surface area contributed by atoms with Crippen molar-refractivity contribution in [3.63, 3.8) is 0 Å². The second kappa shape index (κ2) is 12.8. The van der Waals surface area contributed by atoms with Gasteiger partial charge in [-0.25, -0.2) is 4.39 Å². The van der Waals surface area contributed by atoms with Crippen molar-refractivity contribution in [2.24, 2.45) is 0 Å². The van der Waals surface area contributed by atoms with Gasteiger partial charge < -0.3 is 15.2 Å². The largest absolute Gasteiger partial charge is 0.351 e. The van der Waals surface area contributed by atoms with E-state index in [9.17, 15) is 14.0 Å². The number of aromatic amines is 1. The van der Waals surface area contributed by atoms with Gasteiger partial charge in [0.1, 0.15) is 17.6 Å². The van der Waals surface area contributed by atoms with Crippen molar-refractivity contribution in [3.8, 4) is 11.3 Å². The second-order valence-electron chi connectivity index (χ2n) is 10.7. The van der Waals surface area contributed by atoms with Crippen LogP contribution in [0.4, 0.5) is 4.39 Å². The highest BCUT2D eigenvalue weighted by atomic mass is 19.1. The number of carbonyl (C=O) groups excluding carboxylic acids is 2. The summed E-state index contributed by atoms with van der Waals surface area (Å²) in [6.07, 6.45) is 5.76. The SMILES string of the molecule is Cc1cccc(CCN(C(=O)c2ccc(-c3ccccc3)[nH]2)[C@H](C(=O)NC2CCCCC2)c2ccc(F)cc2)c1. The summed E-state index contributed by atoms with van der Waals surface area (Å²) in [6.45, 7) is 2.36. The van der Waals surface area contributed by atoms with Crippen molar-refractivity contribution in [1.29, 1.82) is 0 Å². The maximum Gasteiger partial charge on any atom is 0.271 e. The molecule has 0 aliphatic heterocycles. The average molecular weight is 538 g/mol. The third-order valence-corrected chi connectivity index (χ3v) is 7.68. The van der Waals surface area contributed by atoms with Crippen LogP contribution in [0.25, 0.3) is 11.3 Å². The van der Waals surface area contributed by atoms with E-state index in [2.05, 4.69) is 16.4 Å². The summed E-state index contributed by atoms with van der Waals surface area (Å²) in [6, 6.07) is 26.7. The van der Waals surface area contributed by atoms with E-state index >= 15 is 0 Å². The molecule has 0 unspecified atom stereocenters. The highest BCUT2D eigenvalue weighted by Crippen LogP contribution is 2.27. The lowest BCUT2D eigenvalue weighted by Crippen LogP contribution is -2.47. The molecule has 206 valence electrons. The fraction of sp³-hybridized carbons (Fsp3) is 0.294. The smallest absolute Gasteiger partial charge is 0.271 e. The number of amides is 2. The van der Waals surface area contributed by atoms with Crippen molar-refractivity contribution in [3.05, 3.63) is 119 Å². The van der Waals surface area contributed by atoms with Crippen LogP contribution in [-0.2, 0) is 11.2 Å². The average Bonchev–Trinajstić information content (AvgIpc) is 3.47. The van der Waals surface area contributed by atoms with Crippen LogP contribution in [-0.4, -0.2) is 34.3 Å². The Kier molecular flexibility index (Phi) is 8.74. The van der Waals surface area contributed by atoms with Crippen molar-refractivity contribution in [2.75, 3.05) is 6.54 Å². The molecule has 4 aromatic rings. The van der Waals surface area contributed by atoms with Crippen molar-refractivity contribution in [1.82, 2.24) is 15.2 Å². The topological polar surface area (TPSA) is 65.2 Å². The maximum absolute atomic E-state index is 14.2. The standard InChI is InChI=1S/C34H36FN3O2/c1-24-9-8-10-25(23-24)21-22-38(34(40)31-20-19-30(37-31)26-11-4-2-5-12-26)32(27-15-17-28(35)18-16-27)33(39)36-29-13-6-3-7-14-29/h2,4-5,8-12,15-20,23,29,32,37H,3,6-7,13-14,21-22H2,1H3,(H,36,39)/t32-/m0/s1. The van der Waals surface area contributed by atoms with Gasteiger partial charge in [-0.3, -0.25) is 9.59 Å². The van der Waals surface area contributed by atoms with Gasteiger partial charge in [0.05, 0.1) is 0 Å². The first-order valence-electron chi connectivity index (χ1n) is 14.1. The van der Waals surface area contributed by atoms with E-state index in [-0.39, 0.29) is 23.7 Å². The Bertz CT molecular complexity index is 1430. The van der Waals surface area contributed by atoms with Gasteiger partial charge in [0.15, 0.2) is 0 Å². The summed E-state index contributed by atoms with van der Waals surface area (Å²) in [5, 5.41) is 3.22. The van der Waals surface area contributed by atoms with Crippen LogP contribution in [0.3, 0.4) is 0 Å². The van der Waals surface area contributed by atoms with E-state index < -0.39 is 6.04 Å². The van der Waals surface area contributed by atoms with Gasteiger partial charge in [0.2, 0.25) is 5.91 Å². The fourth-order valence-electron chi connectivity index (χ4n) is 5.57. The van der Waals surface area contributed by atoms with E-state index in [1.165, 1.54) is 18.6 Å². The Balaban J connectivity index is 1.50. The third-order valence-electron chi connectivity index (χ3n) is 7.68. The lowest BCUT2D eigenvalue weighted by Gasteiger charge is -2.33. The molecule has 2 N–H and O–H groups in total. The Hall–Kier alpha value is -4.19. The van der Waals surface area contributed by atoms with E-state index in [0.717, 1.165) is 48.1 Å². The zero-order chi connectivity index (χ0) is 27.9. The van der Waals surface area contributed by atoms with Gasteiger partial charge >= 0.3 is 0 Å². The molecule has 1 aromatic heterocycles. The van der Waals surface area contributed by atoms with E-state index in [1.54, 1.807) is 23.1 Å². The van der Waals surface area contributed by atoms with E-state index in [1.807, 2.05) is 61.5 Å². The normalized spacial score (nSPS) is 14.4. The molecule has 6 heteroatoms. The van der Waals surface area contributed by atoms with Crippen molar-refractivity contribution in [2.45, 2.75) is 57.5 Å². The Morgan fingerprint density at radius 2 is 1.68 bits per heavy atom. The molecule has 3 aromatic carbocycles. The minimum absolute atomic E-state index is 0.0769. The molecule has 2 amide bonds. The number of halogens is 1. The summed E-state index contributed by atoms with van der Waals surface area (Å²) in [4.78, 5) is 33.1. The van der Waals surface area contributed by atoms with Gasteiger partial charge in [-0.2, -0.15) is 0 Å². The van der Waals surface area contributed by atoms with Crippen LogP contribution in [0.15, 0.2) is 91.0 Å². The molecule has 0 saturated heterocycles. The van der Waals surface area contributed by atoms with Crippen LogP contribution in [0.1, 0.15) is 65.3 Å². The number of nitrogens with zero attached hydrogens (tertiary/aromatic N) is 1. The molecule has 5 nitrogen and oxygen atoms in total. The molecule has 5 rings (SSSR count). The maximum atomic E-state index is 14.2. The Labute approximate surface area is 235 Å². The zero-order valence-electron chi connectivity index (χ0n) is 22.9. The molecule has 40 heavy (non-hydrogen) atoms. The van der Waals surface area contributed by atoms with Gasteiger partial charge in [0.25, 0.3) is 5.91 Å². The quantitative estimate of drug-likeness (QED) is 0.241. The van der Waals surface area contributed by atoms with Crippen LogP contribution in [0.2, 0.25) is 0 Å². The summed E-state index contributed by atoms with van der Waals surface area (Å²) in [7, 11) is 0. The number of hydrogen-bond acceptors (Lipinski definition) is 2. The minimum atomic E-state index is -0.900. The predicted molar refractivity (Wildman–Crippen MR) is 156 cm³/mol. The molecular weight excluding hydrogens is 501 g/mol. The first kappa shape index (κ1) is 27.4. The Morgan fingerprint density at radius 3 is 2.40 bits per heavy atom. The molecule has 0 spiro atoms. The lowest BCUT2D eigenvalue weighted by atomic mass is 9.94. The van der Waals surface area contributed by atoms with Crippen LogP contribution < -0.4 is 5.32 Å². The first-order valence-corrected chi connectivity index (χ1v) is 14.1. The molecule has 0 radical (unpaired) electrons. The van der Waals surface area contributed by atoms with Gasteiger partial charge in [-0.05, 0) is 67.1 Å². The van der Waals surface area contributed by atoms with Crippen LogP contribution in [0, 0.1) is 12.7 Å². The van der Waals surface area contributed by atoms with Crippen LogP contribution >= 0.6 is 0 Å². The highest BCUT2D eigenvalue weighted by Gasteiger charge is 2.34. The molecule has 1 saturated carbocycles. The van der Waals surface area contributed by atoms with E-state index in [4.69, 9.17) is 0 Å². The number of H-pyrrole nitrogens is 1. The number of aryl methyl sites for hydroxylation is 1. The second-order valence-corrected chi connectivity index (χ2v) is 10.7. The van der Waals surface area contributed by atoms with Crippen molar-refractivity contribution < 1.29 is 14.0 Å². The summed E-state index contributed by atoms with van der Waals surface area (Å²) >= 11 is 0. The van der Waals surface area contributed by atoms with Crippen molar-refractivity contribution >= 4 is 11.8 Å². The Morgan fingerprint density at radius 1 is 0.925 bits per heavy atom. The summed E-state index contributed by atoms with van der Waals surface area (Å²) in [5.74, 6) is -0.890. The monoisotopic (exact) mass is 537 g/mol. The number of aromatic nitrogens is 1. The summed E-state index contributed by atoms with van der Waals surface area (Å²) in [5.41, 5.74) is 5.01. The molecule has 0 bridgehead atoms. The van der Waals surface area contributed by atoms with Gasteiger partial charge in [-0.1, -0.05) is 91.6 Å². The zero-order valence-corrected chi connectivity index (χ0v) is 22.9. The number of carbonyl (C=O) groups is 2. The number of nitrogens with one attached hydrogen (secondary N) is 2. The third kappa shape index (κ3) is 6.68. The highest BCUT2D eigenvalue weighted by molar-refractivity contribution is 5.97. The van der Waals surface area contributed by atoms with Gasteiger partial charge in [0, 0.05) is 18.3 Å². The summed E-state index contributed by atoms with van der Waals surface area (Å²) < 4.78 is 13.9.